The van der Waals surface area contributed by atoms with E-state index in [0.29, 0.717) is 35.9 Å². The standard InChI is InChI=1S/C11H18N4O4/c1-2-3-9(16)14(12)10(17)8-5-4-7-6-13(8)11(18)15(7)19/h7-8,19H,2-6,12H2,1H3. The molecule has 2 bridgehead atoms. The first kappa shape index (κ1) is 13.8. The number of nitrogens with zero attached hydrogens (tertiary/aromatic N) is 3. The number of hydrogen-bond donors (Lipinski definition) is 2. The minimum Gasteiger partial charge on any atom is -0.309 e. The lowest BCUT2D eigenvalue weighted by Crippen LogP contribution is -2.55. The number of hydrogen-bond acceptors (Lipinski definition) is 5. The molecule has 2 rings (SSSR count). The van der Waals surface area contributed by atoms with Crippen LogP contribution in [-0.4, -0.2) is 56.7 Å². The van der Waals surface area contributed by atoms with Crippen molar-refractivity contribution in [3.63, 3.8) is 0 Å². The molecule has 2 aliphatic heterocycles. The van der Waals surface area contributed by atoms with Crippen molar-refractivity contribution in [3.8, 4) is 0 Å². The Bertz CT molecular complexity index is 413. The van der Waals surface area contributed by atoms with Gasteiger partial charge in [-0.1, -0.05) is 6.92 Å². The van der Waals surface area contributed by atoms with Crippen LogP contribution in [0.4, 0.5) is 4.79 Å². The number of carbonyl (C=O) groups excluding carboxylic acids is 3. The van der Waals surface area contributed by atoms with Gasteiger partial charge >= 0.3 is 6.03 Å². The van der Waals surface area contributed by atoms with Gasteiger partial charge < -0.3 is 4.90 Å². The Balaban J connectivity index is 2.08. The van der Waals surface area contributed by atoms with Gasteiger partial charge in [0.25, 0.3) is 5.91 Å². The molecule has 0 radical (unpaired) electrons. The van der Waals surface area contributed by atoms with E-state index < -0.39 is 23.9 Å². The van der Waals surface area contributed by atoms with Gasteiger partial charge in [-0.2, -0.15) is 0 Å². The molecule has 0 aromatic rings. The maximum atomic E-state index is 12.1. The van der Waals surface area contributed by atoms with Gasteiger partial charge in [-0.15, -0.1) is 0 Å². The second kappa shape index (κ2) is 5.14. The maximum Gasteiger partial charge on any atom is 0.344 e. The molecule has 0 spiro atoms. The highest BCUT2D eigenvalue weighted by Gasteiger charge is 2.47. The van der Waals surface area contributed by atoms with Crippen LogP contribution in [0, 0.1) is 0 Å². The van der Waals surface area contributed by atoms with Crippen molar-refractivity contribution in [1.29, 1.82) is 0 Å². The molecule has 0 aromatic carbocycles. The zero-order valence-corrected chi connectivity index (χ0v) is 10.8. The van der Waals surface area contributed by atoms with E-state index in [1.165, 1.54) is 4.90 Å². The number of hydrazine groups is 1. The first-order chi connectivity index (χ1) is 8.97. The van der Waals surface area contributed by atoms with Crippen LogP contribution < -0.4 is 5.84 Å². The van der Waals surface area contributed by atoms with E-state index in [1.807, 2.05) is 6.92 Å². The van der Waals surface area contributed by atoms with Crippen LogP contribution in [0.1, 0.15) is 32.6 Å². The van der Waals surface area contributed by atoms with E-state index >= 15 is 0 Å². The van der Waals surface area contributed by atoms with Crippen LogP contribution in [0.5, 0.6) is 0 Å². The zero-order valence-electron chi connectivity index (χ0n) is 10.8. The molecule has 106 valence electrons. The summed E-state index contributed by atoms with van der Waals surface area (Å²) in [7, 11) is 0. The van der Waals surface area contributed by atoms with Crippen molar-refractivity contribution in [2.24, 2.45) is 5.84 Å². The molecule has 19 heavy (non-hydrogen) atoms. The van der Waals surface area contributed by atoms with Crippen molar-refractivity contribution in [2.75, 3.05) is 6.54 Å². The van der Waals surface area contributed by atoms with E-state index in [9.17, 15) is 19.6 Å². The number of piperidine rings is 1. The second-order valence-electron chi connectivity index (χ2n) is 4.88. The number of carbonyl (C=O) groups is 3. The second-order valence-corrected chi connectivity index (χ2v) is 4.88. The van der Waals surface area contributed by atoms with E-state index in [4.69, 9.17) is 5.84 Å². The van der Waals surface area contributed by atoms with E-state index in [2.05, 4.69) is 0 Å². The summed E-state index contributed by atoms with van der Waals surface area (Å²) in [5, 5.41) is 10.8. The fourth-order valence-corrected chi connectivity index (χ4v) is 2.53. The van der Waals surface area contributed by atoms with Gasteiger partial charge in [0.15, 0.2) is 0 Å². The Hall–Kier alpha value is -1.67. The minimum absolute atomic E-state index is 0.192. The molecule has 2 aliphatic rings. The Kier molecular flexibility index (Phi) is 3.72. The molecular formula is C11H18N4O4. The summed E-state index contributed by atoms with van der Waals surface area (Å²) in [6.45, 7) is 2.11. The summed E-state index contributed by atoms with van der Waals surface area (Å²) in [6, 6.07) is -1.63. The summed E-state index contributed by atoms with van der Waals surface area (Å²) in [6.07, 6.45) is 1.71. The highest BCUT2D eigenvalue weighted by atomic mass is 16.5. The number of amides is 4. The molecule has 0 aromatic heterocycles. The fourth-order valence-electron chi connectivity index (χ4n) is 2.53. The van der Waals surface area contributed by atoms with Crippen LogP contribution in [-0.2, 0) is 9.59 Å². The lowest BCUT2D eigenvalue weighted by atomic mass is 10.00. The molecule has 8 heteroatoms. The molecule has 3 N–H and O–H groups in total. The van der Waals surface area contributed by atoms with Crippen LogP contribution >= 0.6 is 0 Å². The predicted molar refractivity (Wildman–Crippen MR) is 63.5 cm³/mol. The molecule has 2 atom stereocenters. The summed E-state index contributed by atoms with van der Waals surface area (Å²) < 4.78 is 0. The summed E-state index contributed by atoms with van der Waals surface area (Å²) in [4.78, 5) is 36.7. The first-order valence-corrected chi connectivity index (χ1v) is 6.37. The van der Waals surface area contributed by atoms with Gasteiger partial charge in [-0.25, -0.2) is 20.7 Å². The average molecular weight is 270 g/mol. The van der Waals surface area contributed by atoms with Gasteiger partial charge in [0.1, 0.15) is 6.04 Å². The predicted octanol–water partition coefficient (Wildman–Crippen LogP) is -0.327. The number of nitrogens with two attached hydrogens (primary N) is 1. The Morgan fingerprint density at radius 2 is 2.16 bits per heavy atom. The van der Waals surface area contributed by atoms with Crippen molar-refractivity contribution in [2.45, 2.75) is 44.7 Å². The molecule has 2 heterocycles. The number of urea groups is 1. The Labute approximate surface area is 110 Å². The average Bonchev–Trinajstić information content (AvgIpc) is 2.63. The van der Waals surface area contributed by atoms with Gasteiger partial charge in [-0.3, -0.25) is 14.8 Å². The monoisotopic (exact) mass is 270 g/mol. The SMILES string of the molecule is CCCC(=O)N(N)C(=O)C1CCC2CN1C(=O)N2O. The van der Waals surface area contributed by atoms with Crippen molar-refractivity contribution < 1.29 is 19.6 Å². The maximum absolute atomic E-state index is 12.1. The number of imide groups is 1. The Morgan fingerprint density at radius 1 is 1.47 bits per heavy atom. The van der Waals surface area contributed by atoms with Crippen LogP contribution in [0.2, 0.25) is 0 Å². The smallest absolute Gasteiger partial charge is 0.309 e. The van der Waals surface area contributed by atoms with Crippen LogP contribution in [0.3, 0.4) is 0 Å². The third-order valence-electron chi connectivity index (χ3n) is 3.60. The van der Waals surface area contributed by atoms with Gasteiger partial charge in [0, 0.05) is 13.0 Å². The quantitative estimate of drug-likeness (QED) is 0.316. The van der Waals surface area contributed by atoms with Crippen LogP contribution in [0.15, 0.2) is 0 Å². The largest absolute Gasteiger partial charge is 0.344 e. The lowest BCUT2D eigenvalue weighted by Gasteiger charge is -2.31. The van der Waals surface area contributed by atoms with Gasteiger partial charge in [0.2, 0.25) is 5.91 Å². The van der Waals surface area contributed by atoms with Gasteiger partial charge in [0.05, 0.1) is 6.04 Å². The third-order valence-corrected chi connectivity index (χ3v) is 3.60. The number of rotatable bonds is 3. The molecule has 4 amide bonds. The molecule has 2 saturated heterocycles. The normalized spacial score (nSPS) is 25.7. The minimum atomic E-state index is -0.758. The zero-order chi connectivity index (χ0) is 14.2. The molecule has 8 nitrogen and oxygen atoms in total. The highest BCUT2D eigenvalue weighted by molar-refractivity contribution is 5.98. The van der Waals surface area contributed by atoms with Crippen molar-refractivity contribution in [1.82, 2.24) is 15.0 Å². The molecule has 0 aliphatic carbocycles. The lowest BCUT2D eigenvalue weighted by molar-refractivity contribution is -0.148. The summed E-state index contributed by atoms with van der Waals surface area (Å²) in [5.41, 5.74) is 0. The van der Waals surface area contributed by atoms with E-state index in [1.54, 1.807) is 0 Å². The highest BCUT2D eigenvalue weighted by Crippen LogP contribution is 2.29. The van der Waals surface area contributed by atoms with E-state index in [-0.39, 0.29) is 12.5 Å². The van der Waals surface area contributed by atoms with Gasteiger partial charge in [-0.05, 0) is 19.3 Å². The van der Waals surface area contributed by atoms with Crippen LogP contribution in [0.25, 0.3) is 0 Å². The molecular weight excluding hydrogens is 252 g/mol. The van der Waals surface area contributed by atoms with Crippen molar-refractivity contribution >= 4 is 17.8 Å². The third kappa shape index (κ3) is 2.28. The first-order valence-electron chi connectivity index (χ1n) is 6.37. The topological polar surface area (TPSA) is 107 Å². The molecule has 2 unspecified atom stereocenters. The van der Waals surface area contributed by atoms with E-state index in [0.717, 1.165) is 0 Å². The molecule has 2 fully saturated rings. The fraction of sp³-hybridized carbons (Fsp3) is 0.727. The summed E-state index contributed by atoms with van der Waals surface area (Å²) >= 11 is 0. The summed E-state index contributed by atoms with van der Waals surface area (Å²) in [5.74, 6) is 4.47. The Morgan fingerprint density at radius 3 is 2.79 bits per heavy atom. The number of fused-ring (bicyclic) bond motifs is 2. The molecule has 0 saturated carbocycles. The van der Waals surface area contributed by atoms with Crippen molar-refractivity contribution in [3.05, 3.63) is 0 Å². The number of hydroxylamine groups is 2.